The van der Waals surface area contributed by atoms with Gasteiger partial charge in [0.05, 0.1) is 5.97 Å². The van der Waals surface area contributed by atoms with Gasteiger partial charge in [-0.2, -0.15) is 8.42 Å². The molecule has 0 saturated heterocycles. The molecule has 0 saturated carbocycles. The number of carbonyl (C=O) groups excluding carboxylic acids is 2. The van der Waals surface area contributed by atoms with E-state index < -0.39 is 32.7 Å². The number of hydrogen-bond donors (Lipinski definition) is 1. The first-order chi connectivity index (χ1) is 15.1. The van der Waals surface area contributed by atoms with Crippen molar-refractivity contribution in [1.29, 1.82) is 0 Å². The van der Waals surface area contributed by atoms with Crippen LogP contribution in [0.2, 0.25) is 0 Å². The topological polar surface area (TPSA) is 135 Å². The molecule has 1 atom stereocenters. The Bertz CT molecular complexity index is 607. The van der Waals surface area contributed by atoms with E-state index >= 15 is 0 Å². The SMILES string of the molecule is CCCCCCCCCCC(CCCCCCCCCC)(C(=O)[O-])C(C(=O)[O-])S(=O)(=O)O.[K+].[K+]. The van der Waals surface area contributed by atoms with Crippen LogP contribution in [0.4, 0.5) is 0 Å². The third-order valence-corrected chi connectivity index (χ3v) is 7.61. The van der Waals surface area contributed by atoms with Gasteiger partial charge in [-0.25, -0.2) is 0 Å². The Labute approximate surface area is 293 Å². The second kappa shape index (κ2) is 24.2. The van der Waals surface area contributed by atoms with Gasteiger partial charge in [-0.1, -0.05) is 117 Å². The molecule has 0 aliphatic carbocycles. The molecule has 1 N–H and O–H groups in total. The Morgan fingerprint density at radius 2 is 0.971 bits per heavy atom. The zero-order valence-electron chi connectivity index (χ0n) is 22.1. The average Bonchev–Trinajstić information content (AvgIpc) is 2.70. The minimum absolute atomic E-state index is 0. The summed E-state index contributed by atoms with van der Waals surface area (Å²) in [6.45, 7) is 4.27. The molecule has 0 aromatic rings. The van der Waals surface area contributed by atoms with Gasteiger partial charge < -0.3 is 19.8 Å². The molecular formula is C24H44K2O7S. The molecule has 0 spiro atoms. The van der Waals surface area contributed by atoms with Crippen LogP contribution in [0.5, 0.6) is 0 Å². The van der Waals surface area contributed by atoms with Gasteiger partial charge in [-0.15, -0.1) is 0 Å². The summed E-state index contributed by atoms with van der Waals surface area (Å²) < 4.78 is 33.2. The molecule has 0 aromatic heterocycles. The van der Waals surface area contributed by atoms with E-state index in [-0.39, 0.29) is 116 Å². The zero-order chi connectivity index (χ0) is 24.5. The van der Waals surface area contributed by atoms with Crippen molar-refractivity contribution in [3.63, 3.8) is 0 Å². The fraction of sp³-hybridized carbons (Fsp3) is 0.917. The van der Waals surface area contributed by atoms with Crippen LogP contribution in [0.15, 0.2) is 0 Å². The number of hydrogen-bond acceptors (Lipinski definition) is 6. The van der Waals surface area contributed by atoms with Crippen molar-refractivity contribution in [2.24, 2.45) is 5.41 Å². The summed E-state index contributed by atoms with van der Waals surface area (Å²) in [7, 11) is -5.16. The number of rotatable bonds is 22. The molecule has 0 aliphatic rings. The average molecular weight is 555 g/mol. The molecule has 0 rings (SSSR count). The van der Waals surface area contributed by atoms with Crippen molar-refractivity contribution in [2.75, 3.05) is 0 Å². The second-order valence-electron chi connectivity index (χ2n) is 9.11. The van der Waals surface area contributed by atoms with Crippen LogP contribution in [-0.2, 0) is 19.7 Å². The summed E-state index contributed by atoms with van der Waals surface area (Å²) in [4.78, 5) is 23.7. The zero-order valence-corrected chi connectivity index (χ0v) is 29.2. The Hall–Kier alpha value is 2.12. The Morgan fingerprint density at radius 3 is 1.21 bits per heavy atom. The maximum absolute atomic E-state index is 12.1. The van der Waals surface area contributed by atoms with E-state index in [1.165, 1.54) is 12.8 Å². The fourth-order valence-corrected chi connectivity index (χ4v) is 5.62. The van der Waals surface area contributed by atoms with Crippen LogP contribution >= 0.6 is 0 Å². The van der Waals surface area contributed by atoms with E-state index in [1.54, 1.807) is 0 Å². The smallest absolute Gasteiger partial charge is 0.549 e. The maximum atomic E-state index is 12.1. The number of carboxylic acid groups (broad SMARTS) is 2. The third kappa shape index (κ3) is 17.6. The molecule has 1 unspecified atom stereocenters. The quantitative estimate of drug-likeness (QED) is 0.0912. The molecule has 0 heterocycles. The Kier molecular flexibility index (Phi) is 28.9. The molecule has 0 aliphatic heterocycles. The van der Waals surface area contributed by atoms with Gasteiger partial charge in [0.1, 0.15) is 5.25 Å². The number of aliphatic carboxylic acids is 2. The molecule has 0 fully saturated rings. The van der Waals surface area contributed by atoms with Gasteiger partial charge >= 0.3 is 103 Å². The van der Waals surface area contributed by atoms with Crippen molar-refractivity contribution in [3.05, 3.63) is 0 Å². The number of carboxylic acids is 2. The first kappa shape index (κ1) is 40.6. The third-order valence-electron chi connectivity index (χ3n) is 6.37. The Morgan fingerprint density at radius 1 is 0.676 bits per heavy atom. The summed E-state index contributed by atoms with van der Waals surface area (Å²) in [6, 6.07) is 0. The summed E-state index contributed by atoms with van der Waals surface area (Å²) in [5.74, 6) is -3.83. The largest absolute Gasteiger partial charge is 1.00 e. The van der Waals surface area contributed by atoms with Gasteiger partial charge in [-0.3, -0.25) is 4.55 Å². The molecule has 34 heavy (non-hydrogen) atoms. The van der Waals surface area contributed by atoms with E-state index in [0.717, 1.165) is 64.2 Å². The van der Waals surface area contributed by atoms with Gasteiger partial charge in [0.2, 0.25) is 0 Å². The molecule has 190 valence electrons. The van der Waals surface area contributed by atoms with Gasteiger partial charge in [0.25, 0.3) is 10.1 Å². The Balaban J connectivity index is -0.00000480. The van der Waals surface area contributed by atoms with E-state index in [4.69, 9.17) is 0 Å². The molecule has 0 bridgehead atoms. The second-order valence-corrected chi connectivity index (χ2v) is 10.6. The van der Waals surface area contributed by atoms with Crippen LogP contribution < -0.4 is 113 Å². The first-order valence-corrected chi connectivity index (χ1v) is 14.0. The fourth-order valence-electron chi connectivity index (χ4n) is 4.48. The van der Waals surface area contributed by atoms with E-state index in [9.17, 15) is 32.8 Å². The van der Waals surface area contributed by atoms with E-state index in [0.29, 0.717) is 25.7 Å². The van der Waals surface area contributed by atoms with Crippen LogP contribution in [-0.4, -0.2) is 30.2 Å². The molecule has 0 aromatic carbocycles. The van der Waals surface area contributed by atoms with Crippen LogP contribution in [0.25, 0.3) is 0 Å². The number of unbranched alkanes of at least 4 members (excludes halogenated alkanes) is 14. The maximum Gasteiger partial charge on any atom is 1.00 e. The van der Waals surface area contributed by atoms with Crippen molar-refractivity contribution in [1.82, 2.24) is 0 Å². The van der Waals surface area contributed by atoms with Gasteiger partial charge in [-0.05, 0) is 12.8 Å². The minimum Gasteiger partial charge on any atom is -0.549 e. The van der Waals surface area contributed by atoms with E-state index in [2.05, 4.69) is 13.8 Å². The van der Waals surface area contributed by atoms with Crippen molar-refractivity contribution >= 4 is 22.1 Å². The predicted octanol–water partition coefficient (Wildman–Crippen LogP) is -2.20. The normalized spacial score (nSPS) is 12.4. The van der Waals surface area contributed by atoms with Gasteiger partial charge in [0.15, 0.2) is 0 Å². The van der Waals surface area contributed by atoms with E-state index in [1.807, 2.05) is 0 Å². The summed E-state index contributed by atoms with van der Waals surface area (Å²) >= 11 is 0. The predicted molar refractivity (Wildman–Crippen MR) is 122 cm³/mol. The first-order valence-electron chi connectivity index (χ1n) is 12.5. The summed E-state index contributed by atoms with van der Waals surface area (Å²) in [5.41, 5.74) is -2.18. The molecule has 7 nitrogen and oxygen atoms in total. The number of carbonyl (C=O) groups is 2. The van der Waals surface area contributed by atoms with Crippen molar-refractivity contribution in [2.45, 2.75) is 135 Å². The standard InChI is InChI=1S/C24H46O7S.2K/c1-3-5-7-9-11-13-15-17-19-24(23(27)28,21(22(25)26)32(29,30)31)20-18-16-14-12-10-8-6-4-2;;/h21H,3-20H2,1-2H3,(H,25,26)(H,27,28)(H,29,30,31);;/q;2*+1/p-2. The van der Waals surface area contributed by atoms with Crippen molar-refractivity contribution in [3.8, 4) is 0 Å². The molecule has 0 amide bonds. The monoisotopic (exact) mass is 554 g/mol. The molecular weight excluding hydrogens is 511 g/mol. The van der Waals surface area contributed by atoms with Crippen LogP contribution in [0, 0.1) is 5.41 Å². The van der Waals surface area contributed by atoms with Crippen LogP contribution in [0.1, 0.15) is 129 Å². The molecule has 0 radical (unpaired) electrons. The van der Waals surface area contributed by atoms with Crippen molar-refractivity contribution < 1.29 is 136 Å². The molecule has 10 heteroatoms. The summed E-state index contributed by atoms with van der Waals surface area (Å²) in [5, 5.41) is 21.2. The van der Waals surface area contributed by atoms with Crippen LogP contribution in [0.3, 0.4) is 0 Å². The van der Waals surface area contributed by atoms with Gasteiger partial charge in [0, 0.05) is 11.4 Å². The summed E-state index contributed by atoms with van der Waals surface area (Å²) in [6.07, 6.45) is 14.6. The minimum atomic E-state index is -5.16.